The highest BCUT2D eigenvalue weighted by molar-refractivity contribution is 6.28. The van der Waals surface area contributed by atoms with Gasteiger partial charge in [0.15, 0.2) is 5.78 Å². The molecule has 0 unspecified atom stereocenters. The number of carbonyl (C=O) groups excluding carboxylic acids is 2. The minimum Gasteiger partial charge on any atom is -0.309 e. The van der Waals surface area contributed by atoms with Crippen LogP contribution in [0.3, 0.4) is 0 Å². The van der Waals surface area contributed by atoms with Crippen LogP contribution in [0, 0.1) is 6.92 Å². The molecule has 0 aliphatic heterocycles. The highest BCUT2D eigenvalue weighted by Gasteiger charge is 2.32. The third-order valence-corrected chi connectivity index (χ3v) is 3.54. The molecule has 1 aromatic heterocycles. The number of H-pyrrole nitrogens is 1. The summed E-state index contributed by atoms with van der Waals surface area (Å²) in [5.74, 6) is -0.627. The monoisotopic (exact) mass is 268 g/mol. The van der Waals surface area contributed by atoms with Crippen LogP contribution >= 0.6 is 0 Å². The van der Waals surface area contributed by atoms with Gasteiger partial charge in [0.2, 0.25) is 5.78 Å². The number of aromatic amines is 1. The number of carbonyl (C=O) groups is 2. The van der Waals surface area contributed by atoms with Crippen LogP contribution in [0.2, 0.25) is 0 Å². The molecule has 1 aliphatic rings. The van der Waals surface area contributed by atoms with E-state index in [1.807, 2.05) is 13.0 Å². The summed E-state index contributed by atoms with van der Waals surface area (Å²) in [6.07, 6.45) is 0.782. The number of hydrogen-bond donors (Lipinski definition) is 1. The number of rotatable bonds is 1. The predicted octanol–water partition coefficient (Wildman–Crippen LogP) is 1.42. The standard InChI is InChI=1S/C15H12N2O3/c1-3-8-4-5-9-10(6-8)13(18)11-7(2)16-15(20)17-12(11)14(9)19/h4-6H,3H2,1-2H3,(H,16,17,20). The second-order valence-corrected chi connectivity index (χ2v) is 4.78. The largest absolute Gasteiger partial charge is 0.345 e. The van der Waals surface area contributed by atoms with Gasteiger partial charge in [-0.2, -0.15) is 4.98 Å². The zero-order chi connectivity index (χ0) is 14.4. The van der Waals surface area contributed by atoms with Crippen LogP contribution in [0.5, 0.6) is 0 Å². The fourth-order valence-corrected chi connectivity index (χ4v) is 2.49. The number of hydrogen-bond acceptors (Lipinski definition) is 4. The lowest BCUT2D eigenvalue weighted by molar-refractivity contribution is 0.0973. The van der Waals surface area contributed by atoms with Crippen molar-refractivity contribution >= 4 is 11.6 Å². The van der Waals surface area contributed by atoms with Gasteiger partial charge in [-0.25, -0.2) is 4.79 Å². The fraction of sp³-hybridized carbons (Fsp3) is 0.200. The van der Waals surface area contributed by atoms with Crippen LogP contribution in [0.15, 0.2) is 23.0 Å². The molecule has 100 valence electrons. The summed E-state index contributed by atoms with van der Waals surface area (Å²) in [4.78, 5) is 42.5. The molecule has 0 radical (unpaired) electrons. The van der Waals surface area contributed by atoms with E-state index in [0.717, 1.165) is 12.0 Å². The normalized spacial score (nSPS) is 13.1. The van der Waals surface area contributed by atoms with Gasteiger partial charge in [0.1, 0.15) is 5.69 Å². The molecule has 20 heavy (non-hydrogen) atoms. The number of fused-ring (bicyclic) bond motifs is 2. The van der Waals surface area contributed by atoms with Gasteiger partial charge in [-0.1, -0.05) is 13.0 Å². The van der Waals surface area contributed by atoms with Crippen LogP contribution in [-0.2, 0) is 6.42 Å². The predicted molar refractivity (Wildman–Crippen MR) is 72.3 cm³/mol. The Morgan fingerprint density at radius 1 is 1.10 bits per heavy atom. The second kappa shape index (κ2) is 4.23. The molecule has 0 saturated carbocycles. The Morgan fingerprint density at radius 3 is 2.55 bits per heavy atom. The first kappa shape index (κ1) is 12.5. The van der Waals surface area contributed by atoms with Gasteiger partial charge in [-0.15, -0.1) is 0 Å². The molecule has 3 rings (SSSR count). The third kappa shape index (κ3) is 1.63. The summed E-state index contributed by atoms with van der Waals surface area (Å²) in [5.41, 5.74) is 1.62. The summed E-state index contributed by atoms with van der Waals surface area (Å²) in [7, 11) is 0. The van der Waals surface area contributed by atoms with Crippen molar-refractivity contribution in [2.75, 3.05) is 0 Å². The Bertz CT molecular complexity index is 818. The molecular formula is C15H12N2O3. The maximum absolute atomic E-state index is 12.5. The number of benzene rings is 1. The van der Waals surface area contributed by atoms with Gasteiger partial charge in [-0.3, -0.25) is 9.59 Å². The van der Waals surface area contributed by atoms with E-state index in [4.69, 9.17) is 0 Å². The maximum atomic E-state index is 12.5. The molecular weight excluding hydrogens is 256 g/mol. The Kier molecular flexibility index (Phi) is 2.64. The Labute approximate surface area is 114 Å². The van der Waals surface area contributed by atoms with Crippen molar-refractivity contribution in [1.29, 1.82) is 0 Å². The lowest BCUT2D eigenvalue weighted by atomic mass is 9.85. The molecule has 0 fully saturated rings. The van der Waals surface area contributed by atoms with Crippen molar-refractivity contribution in [3.8, 4) is 0 Å². The zero-order valence-electron chi connectivity index (χ0n) is 11.1. The summed E-state index contributed by atoms with van der Waals surface area (Å²) < 4.78 is 0. The van der Waals surface area contributed by atoms with E-state index in [1.54, 1.807) is 19.1 Å². The van der Waals surface area contributed by atoms with Crippen molar-refractivity contribution in [1.82, 2.24) is 9.97 Å². The van der Waals surface area contributed by atoms with Gasteiger partial charge in [-0.05, 0) is 31.0 Å². The summed E-state index contributed by atoms with van der Waals surface area (Å²) in [5, 5.41) is 0. The number of aromatic nitrogens is 2. The molecule has 0 saturated heterocycles. The Morgan fingerprint density at radius 2 is 1.85 bits per heavy atom. The highest BCUT2D eigenvalue weighted by Crippen LogP contribution is 2.27. The smallest absolute Gasteiger partial charge is 0.309 e. The number of ketones is 2. The summed E-state index contributed by atoms with van der Waals surface area (Å²) >= 11 is 0. The van der Waals surface area contributed by atoms with Gasteiger partial charge in [0, 0.05) is 16.8 Å². The van der Waals surface area contributed by atoms with E-state index in [2.05, 4.69) is 9.97 Å². The third-order valence-electron chi connectivity index (χ3n) is 3.54. The quantitative estimate of drug-likeness (QED) is 0.723. The zero-order valence-corrected chi connectivity index (χ0v) is 11.1. The topological polar surface area (TPSA) is 79.9 Å². The van der Waals surface area contributed by atoms with E-state index < -0.39 is 5.69 Å². The van der Waals surface area contributed by atoms with Crippen LogP contribution in [0.1, 0.15) is 50.2 Å². The molecule has 1 N–H and O–H groups in total. The minimum absolute atomic E-state index is 0.0481. The first-order chi connectivity index (χ1) is 9.52. The average molecular weight is 268 g/mol. The first-order valence-corrected chi connectivity index (χ1v) is 6.36. The van der Waals surface area contributed by atoms with E-state index >= 15 is 0 Å². The molecule has 1 aliphatic carbocycles. The minimum atomic E-state index is -0.615. The van der Waals surface area contributed by atoms with Crippen LogP contribution in [-0.4, -0.2) is 21.5 Å². The van der Waals surface area contributed by atoms with Crippen molar-refractivity contribution in [2.24, 2.45) is 0 Å². The van der Waals surface area contributed by atoms with Crippen LogP contribution in [0.4, 0.5) is 0 Å². The van der Waals surface area contributed by atoms with E-state index in [9.17, 15) is 14.4 Å². The summed E-state index contributed by atoms with van der Waals surface area (Å²) in [6.45, 7) is 3.58. The highest BCUT2D eigenvalue weighted by atomic mass is 16.2. The van der Waals surface area contributed by atoms with Gasteiger partial charge >= 0.3 is 5.69 Å². The molecule has 5 nitrogen and oxygen atoms in total. The van der Waals surface area contributed by atoms with Gasteiger partial charge in [0.05, 0.1) is 5.56 Å². The molecule has 5 heteroatoms. The molecule has 1 aromatic carbocycles. The Balaban J connectivity index is 2.33. The number of aryl methyl sites for hydroxylation is 2. The molecule has 2 aromatic rings. The maximum Gasteiger partial charge on any atom is 0.345 e. The van der Waals surface area contributed by atoms with E-state index in [-0.39, 0.29) is 22.8 Å². The van der Waals surface area contributed by atoms with Crippen molar-refractivity contribution < 1.29 is 9.59 Å². The SMILES string of the molecule is CCc1ccc2c(c1)C(=O)c1c(nc(=O)[nH]c1C)C2=O. The van der Waals surface area contributed by atoms with Crippen LogP contribution < -0.4 is 5.69 Å². The second-order valence-electron chi connectivity index (χ2n) is 4.78. The van der Waals surface area contributed by atoms with Crippen LogP contribution in [0.25, 0.3) is 0 Å². The average Bonchev–Trinajstić information content (AvgIpc) is 2.43. The Hall–Kier alpha value is -2.56. The lowest BCUT2D eigenvalue weighted by Crippen LogP contribution is -2.29. The van der Waals surface area contributed by atoms with Gasteiger partial charge in [0.25, 0.3) is 0 Å². The number of nitrogens with zero attached hydrogens (tertiary/aromatic N) is 1. The number of nitrogens with one attached hydrogen (secondary N) is 1. The van der Waals surface area contributed by atoms with Crippen molar-refractivity contribution in [3.63, 3.8) is 0 Å². The lowest BCUT2D eigenvalue weighted by Gasteiger charge is -2.18. The molecule has 0 bridgehead atoms. The first-order valence-electron chi connectivity index (χ1n) is 6.36. The van der Waals surface area contributed by atoms with E-state index in [0.29, 0.717) is 16.8 Å². The van der Waals surface area contributed by atoms with E-state index in [1.165, 1.54) is 0 Å². The summed E-state index contributed by atoms with van der Waals surface area (Å²) in [6, 6.07) is 5.19. The molecule has 0 spiro atoms. The van der Waals surface area contributed by atoms with Crippen molar-refractivity contribution in [2.45, 2.75) is 20.3 Å². The van der Waals surface area contributed by atoms with Gasteiger partial charge < -0.3 is 4.98 Å². The molecule has 0 amide bonds. The van der Waals surface area contributed by atoms with Crippen molar-refractivity contribution in [3.05, 3.63) is 62.3 Å². The molecule has 0 atom stereocenters. The fourth-order valence-electron chi connectivity index (χ4n) is 2.49. The molecule has 1 heterocycles.